The molecule has 3 N–H and O–H groups in total. The van der Waals surface area contributed by atoms with Gasteiger partial charge in [0.1, 0.15) is 0 Å². The maximum absolute atomic E-state index is 10.9. The molecule has 0 rings (SSSR count). The summed E-state index contributed by atoms with van der Waals surface area (Å²) in [5.74, 6) is 0.222. The van der Waals surface area contributed by atoms with Crippen LogP contribution in [-0.4, -0.2) is 24.2 Å². The summed E-state index contributed by atoms with van der Waals surface area (Å²) in [7, 11) is 0. The molecule has 0 aliphatic heterocycles. The van der Waals surface area contributed by atoms with E-state index in [1.54, 1.807) is 0 Å². The number of thiol groups is 1. The Morgan fingerprint density at radius 1 is 1.82 bits per heavy atom. The zero-order chi connectivity index (χ0) is 8.69. The molecule has 0 aromatic carbocycles. The van der Waals surface area contributed by atoms with Gasteiger partial charge in [-0.2, -0.15) is 12.6 Å². The maximum Gasteiger partial charge on any atom is 0.238 e. The minimum Gasteiger partial charge on any atom is -0.351 e. The largest absolute Gasteiger partial charge is 0.351 e. The van der Waals surface area contributed by atoms with Crippen molar-refractivity contribution < 1.29 is 4.79 Å². The van der Waals surface area contributed by atoms with Crippen molar-refractivity contribution in [3.8, 4) is 0 Å². The molecule has 0 bridgehead atoms. The van der Waals surface area contributed by atoms with Crippen LogP contribution in [0.3, 0.4) is 0 Å². The second-order valence-electron chi connectivity index (χ2n) is 2.10. The summed E-state index contributed by atoms with van der Waals surface area (Å²) >= 11 is 3.90. The van der Waals surface area contributed by atoms with Crippen molar-refractivity contribution in [2.75, 3.05) is 12.3 Å². The quantitative estimate of drug-likeness (QED) is 0.413. The zero-order valence-electron chi connectivity index (χ0n) is 6.58. The normalized spacial score (nSPS) is 13.4. The van der Waals surface area contributed by atoms with Gasteiger partial charge in [-0.1, -0.05) is 12.2 Å². The fourth-order valence-corrected chi connectivity index (χ4v) is 0.657. The minimum absolute atomic E-state index is 0.155. The number of nitrogens with two attached hydrogens (primary N) is 1. The van der Waals surface area contributed by atoms with Gasteiger partial charge in [0.2, 0.25) is 5.91 Å². The van der Waals surface area contributed by atoms with E-state index >= 15 is 0 Å². The lowest BCUT2D eigenvalue weighted by Gasteiger charge is -2.06. The number of hydrogen-bond acceptors (Lipinski definition) is 3. The maximum atomic E-state index is 10.9. The Hall–Kier alpha value is -0.480. The molecule has 0 aliphatic rings. The Bertz CT molecular complexity index is 147. The lowest BCUT2D eigenvalue weighted by atomic mass is 10.3. The Kier molecular flexibility index (Phi) is 5.97. The van der Waals surface area contributed by atoms with Crippen LogP contribution in [0.5, 0.6) is 0 Å². The summed E-state index contributed by atoms with van der Waals surface area (Å²) < 4.78 is 0. The molecule has 0 aromatic rings. The molecule has 0 radical (unpaired) electrons. The highest BCUT2D eigenvalue weighted by Gasteiger charge is 2.08. The van der Waals surface area contributed by atoms with Crippen LogP contribution in [0.25, 0.3) is 0 Å². The number of nitrogens with one attached hydrogen (secondary N) is 1. The molecule has 0 spiro atoms. The smallest absolute Gasteiger partial charge is 0.238 e. The number of hydrogen-bond donors (Lipinski definition) is 3. The minimum atomic E-state index is -0.497. The number of rotatable bonds is 4. The van der Waals surface area contributed by atoms with Crippen LogP contribution in [-0.2, 0) is 4.79 Å². The summed E-state index contributed by atoms with van der Waals surface area (Å²) in [5.41, 5.74) is 5.39. The number of carbonyl (C=O) groups is 1. The van der Waals surface area contributed by atoms with Crippen LogP contribution in [0.2, 0.25) is 0 Å². The molecule has 64 valence electrons. The van der Waals surface area contributed by atoms with Crippen molar-refractivity contribution in [2.24, 2.45) is 5.73 Å². The number of allylic oxidation sites excluding steroid dienone is 1. The van der Waals surface area contributed by atoms with E-state index in [9.17, 15) is 4.79 Å². The summed E-state index contributed by atoms with van der Waals surface area (Å²) in [6.45, 7) is 2.43. The highest BCUT2D eigenvalue weighted by Crippen LogP contribution is 1.82. The molecule has 3 nitrogen and oxygen atoms in total. The van der Waals surface area contributed by atoms with Gasteiger partial charge in [0, 0.05) is 12.3 Å². The lowest BCUT2D eigenvalue weighted by Crippen LogP contribution is -2.41. The molecule has 0 saturated heterocycles. The SMILES string of the molecule is C/C=C\CNC(=O)[C@@H](N)CS. The van der Waals surface area contributed by atoms with E-state index < -0.39 is 6.04 Å². The first kappa shape index (κ1) is 10.5. The van der Waals surface area contributed by atoms with Crippen molar-refractivity contribution in [3.05, 3.63) is 12.2 Å². The van der Waals surface area contributed by atoms with Gasteiger partial charge in [0.25, 0.3) is 0 Å². The first-order valence-electron chi connectivity index (χ1n) is 3.47. The van der Waals surface area contributed by atoms with E-state index in [4.69, 9.17) is 5.73 Å². The van der Waals surface area contributed by atoms with E-state index in [-0.39, 0.29) is 5.91 Å². The lowest BCUT2D eigenvalue weighted by molar-refractivity contribution is -0.121. The topological polar surface area (TPSA) is 55.1 Å². The van der Waals surface area contributed by atoms with Crippen LogP contribution in [0.4, 0.5) is 0 Å². The van der Waals surface area contributed by atoms with Gasteiger partial charge in [-0.3, -0.25) is 4.79 Å². The number of amides is 1. The average Bonchev–Trinajstić information content (AvgIpc) is 2.03. The van der Waals surface area contributed by atoms with Crippen LogP contribution in [0.1, 0.15) is 6.92 Å². The number of carbonyl (C=O) groups excluding carboxylic acids is 1. The third kappa shape index (κ3) is 4.86. The fraction of sp³-hybridized carbons (Fsp3) is 0.571. The second kappa shape index (κ2) is 6.24. The Morgan fingerprint density at radius 2 is 2.45 bits per heavy atom. The molecular weight excluding hydrogens is 160 g/mol. The molecule has 0 aliphatic carbocycles. The fourth-order valence-electron chi connectivity index (χ4n) is 0.491. The monoisotopic (exact) mass is 174 g/mol. The van der Waals surface area contributed by atoms with Crippen molar-refractivity contribution in [3.63, 3.8) is 0 Å². The van der Waals surface area contributed by atoms with Gasteiger partial charge < -0.3 is 11.1 Å². The van der Waals surface area contributed by atoms with Crippen LogP contribution in [0, 0.1) is 0 Å². The van der Waals surface area contributed by atoms with Crippen LogP contribution in [0.15, 0.2) is 12.2 Å². The molecule has 4 heteroatoms. The van der Waals surface area contributed by atoms with E-state index in [1.165, 1.54) is 0 Å². The molecule has 11 heavy (non-hydrogen) atoms. The Balaban J connectivity index is 3.52. The van der Waals surface area contributed by atoms with Gasteiger partial charge in [-0.25, -0.2) is 0 Å². The molecule has 0 aromatic heterocycles. The average molecular weight is 174 g/mol. The van der Waals surface area contributed by atoms with E-state index in [0.29, 0.717) is 12.3 Å². The van der Waals surface area contributed by atoms with Gasteiger partial charge in [0.05, 0.1) is 6.04 Å². The molecule has 0 fully saturated rings. The van der Waals surface area contributed by atoms with Crippen LogP contribution < -0.4 is 11.1 Å². The molecule has 0 heterocycles. The van der Waals surface area contributed by atoms with E-state index in [2.05, 4.69) is 17.9 Å². The molecular formula is C7H14N2OS. The van der Waals surface area contributed by atoms with Crippen LogP contribution >= 0.6 is 12.6 Å². The Labute approximate surface area is 72.4 Å². The van der Waals surface area contributed by atoms with Gasteiger partial charge in [-0.15, -0.1) is 0 Å². The highest BCUT2D eigenvalue weighted by molar-refractivity contribution is 7.80. The van der Waals surface area contributed by atoms with Gasteiger partial charge in [0.15, 0.2) is 0 Å². The summed E-state index contributed by atoms with van der Waals surface area (Å²) in [4.78, 5) is 10.9. The molecule has 0 unspecified atom stereocenters. The van der Waals surface area contributed by atoms with Crippen molar-refractivity contribution in [2.45, 2.75) is 13.0 Å². The first-order valence-corrected chi connectivity index (χ1v) is 4.11. The summed E-state index contributed by atoms with van der Waals surface area (Å²) in [6.07, 6.45) is 3.72. The van der Waals surface area contributed by atoms with Crippen molar-refractivity contribution in [1.82, 2.24) is 5.32 Å². The van der Waals surface area contributed by atoms with Crippen molar-refractivity contribution in [1.29, 1.82) is 0 Å². The third-order valence-corrected chi connectivity index (χ3v) is 1.56. The third-order valence-electron chi connectivity index (χ3n) is 1.16. The predicted octanol–water partition coefficient (Wildman–Crippen LogP) is -0.0642. The second-order valence-corrected chi connectivity index (χ2v) is 2.47. The van der Waals surface area contributed by atoms with E-state index in [1.807, 2.05) is 19.1 Å². The van der Waals surface area contributed by atoms with E-state index in [0.717, 1.165) is 0 Å². The van der Waals surface area contributed by atoms with Gasteiger partial charge >= 0.3 is 0 Å². The summed E-state index contributed by atoms with van der Waals surface area (Å²) in [6, 6.07) is -0.497. The highest BCUT2D eigenvalue weighted by atomic mass is 32.1. The van der Waals surface area contributed by atoms with Gasteiger partial charge in [-0.05, 0) is 6.92 Å². The van der Waals surface area contributed by atoms with Crippen molar-refractivity contribution >= 4 is 18.5 Å². The Morgan fingerprint density at radius 3 is 2.91 bits per heavy atom. The predicted molar refractivity (Wildman–Crippen MR) is 49.7 cm³/mol. The zero-order valence-corrected chi connectivity index (χ0v) is 7.47. The molecule has 1 amide bonds. The standard InChI is InChI=1S/C7H14N2OS/c1-2-3-4-9-7(10)6(8)5-11/h2-3,6,11H,4-5,8H2,1H3,(H,9,10)/b3-2-/t6-/m0/s1. The summed E-state index contributed by atoms with van der Waals surface area (Å²) in [5, 5.41) is 2.63. The molecule has 0 saturated carbocycles. The first-order chi connectivity index (χ1) is 5.22. The molecule has 1 atom stereocenters.